The highest BCUT2D eigenvalue weighted by atomic mass is 32.2. The predicted octanol–water partition coefficient (Wildman–Crippen LogP) is 2.39. The number of halogens is 2. The third-order valence-corrected chi connectivity index (χ3v) is 7.67. The zero-order chi connectivity index (χ0) is 25.0. The van der Waals surface area contributed by atoms with E-state index in [1.807, 2.05) is 0 Å². The largest absolute Gasteiger partial charge is 0.503 e. The highest BCUT2D eigenvalue weighted by Crippen LogP contribution is 2.37. The Morgan fingerprint density at radius 2 is 1.89 bits per heavy atom. The predicted molar refractivity (Wildman–Crippen MR) is 123 cm³/mol. The second-order valence-electron chi connectivity index (χ2n) is 8.42. The first-order valence-corrected chi connectivity index (χ1v) is 12.0. The fraction of sp³-hybridized carbons (Fsp3) is 0.208. The van der Waals surface area contributed by atoms with Gasteiger partial charge in [-0.05, 0) is 36.8 Å². The van der Waals surface area contributed by atoms with Crippen LogP contribution in [0.1, 0.15) is 38.0 Å². The van der Waals surface area contributed by atoms with Crippen LogP contribution < -0.4 is 15.6 Å². The smallest absolute Gasteiger partial charge is 0.279 e. The van der Waals surface area contributed by atoms with Crippen molar-refractivity contribution in [3.63, 3.8) is 0 Å². The molecule has 0 saturated heterocycles. The summed E-state index contributed by atoms with van der Waals surface area (Å²) in [6.45, 7) is 1.11. The number of anilines is 1. The molecule has 2 aromatic carbocycles. The van der Waals surface area contributed by atoms with Gasteiger partial charge in [0.05, 0.1) is 33.2 Å². The monoisotopic (exact) mass is 499 g/mol. The van der Waals surface area contributed by atoms with E-state index in [0.717, 1.165) is 18.3 Å². The summed E-state index contributed by atoms with van der Waals surface area (Å²) >= 11 is 0. The molecule has 1 unspecified atom stereocenters. The van der Waals surface area contributed by atoms with Gasteiger partial charge in [0.2, 0.25) is 5.43 Å². The molecule has 0 fully saturated rings. The number of aromatic nitrogens is 1. The van der Waals surface area contributed by atoms with E-state index in [9.17, 15) is 32.5 Å². The van der Waals surface area contributed by atoms with E-state index in [-0.39, 0.29) is 23.6 Å². The SMILES string of the molecule is Cc1cc(F)c(CNC(=O)c2cn3c(c(O)c2=O)C(=O)N2C[C@@H]3CS(=O)c3ccccc32)c(F)c1. The Morgan fingerprint density at radius 3 is 2.60 bits per heavy atom. The minimum absolute atomic E-state index is 0.0803. The third kappa shape index (κ3) is 3.72. The number of fused-ring (bicyclic) bond motifs is 6. The first-order chi connectivity index (χ1) is 16.7. The summed E-state index contributed by atoms with van der Waals surface area (Å²) in [5.74, 6) is -4.18. The maximum absolute atomic E-state index is 14.1. The van der Waals surface area contributed by atoms with Crippen molar-refractivity contribution in [1.82, 2.24) is 9.88 Å². The molecule has 11 heteroatoms. The van der Waals surface area contributed by atoms with Crippen LogP contribution in [0.25, 0.3) is 0 Å². The number of amides is 2. The van der Waals surface area contributed by atoms with E-state index >= 15 is 0 Å². The summed E-state index contributed by atoms with van der Waals surface area (Å²) < 4.78 is 42.5. The molecule has 2 bridgehead atoms. The molecule has 0 saturated carbocycles. The summed E-state index contributed by atoms with van der Waals surface area (Å²) in [6, 6.07) is 8.32. The first-order valence-electron chi connectivity index (χ1n) is 10.7. The van der Waals surface area contributed by atoms with Crippen molar-refractivity contribution in [1.29, 1.82) is 0 Å². The van der Waals surface area contributed by atoms with Crippen molar-refractivity contribution in [2.45, 2.75) is 24.4 Å². The average molecular weight is 499 g/mol. The number of benzene rings is 2. The number of hydrogen-bond donors (Lipinski definition) is 2. The van der Waals surface area contributed by atoms with Gasteiger partial charge in [0.15, 0.2) is 11.4 Å². The Morgan fingerprint density at radius 1 is 1.20 bits per heavy atom. The van der Waals surface area contributed by atoms with Gasteiger partial charge in [-0.2, -0.15) is 0 Å². The van der Waals surface area contributed by atoms with Gasteiger partial charge in [-0.15, -0.1) is 0 Å². The normalized spacial score (nSPS) is 18.5. The van der Waals surface area contributed by atoms with Gasteiger partial charge in [0, 0.05) is 24.8 Å². The molecule has 3 heterocycles. The van der Waals surface area contributed by atoms with Crippen LogP contribution in [0.15, 0.2) is 52.3 Å². The van der Waals surface area contributed by atoms with Crippen LogP contribution in [0.5, 0.6) is 5.75 Å². The van der Waals surface area contributed by atoms with Crippen molar-refractivity contribution in [2.75, 3.05) is 17.2 Å². The van der Waals surface area contributed by atoms with E-state index in [0.29, 0.717) is 16.1 Å². The fourth-order valence-corrected chi connectivity index (χ4v) is 5.87. The Labute approximate surface area is 200 Å². The van der Waals surface area contributed by atoms with Crippen LogP contribution in [0, 0.1) is 18.6 Å². The first kappa shape index (κ1) is 22.9. The van der Waals surface area contributed by atoms with Gasteiger partial charge in [-0.1, -0.05) is 12.1 Å². The molecule has 3 aromatic rings. The second kappa shape index (κ2) is 8.42. The van der Waals surface area contributed by atoms with Crippen LogP contribution >= 0.6 is 0 Å². The zero-order valence-electron chi connectivity index (χ0n) is 18.4. The number of nitrogens with one attached hydrogen (secondary N) is 1. The minimum atomic E-state index is -1.49. The molecule has 8 nitrogen and oxygen atoms in total. The molecule has 2 aliphatic rings. The maximum Gasteiger partial charge on any atom is 0.279 e. The highest BCUT2D eigenvalue weighted by Gasteiger charge is 2.40. The Bertz CT molecular complexity index is 1480. The molecule has 2 N–H and O–H groups in total. The third-order valence-electron chi connectivity index (χ3n) is 6.15. The Hall–Kier alpha value is -3.86. The van der Waals surface area contributed by atoms with Crippen molar-refractivity contribution in [3.05, 3.63) is 86.8 Å². The number of nitrogens with zero attached hydrogens (tertiary/aromatic N) is 2. The quantitative estimate of drug-likeness (QED) is 0.575. The van der Waals surface area contributed by atoms with Gasteiger partial charge in [0.1, 0.15) is 17.2 Å². The number of hydrogen-bond acceptors (Lipinski definition) is 5. The van der Waals surface area contributed by atoms with Gasteiger partial charge in [-0.25, -0.2) is 8.78 Å². The van der Waals surface area contributed by atoms with E-state index in [1.54, 1.807) is 24.3 Å². The fourth-order valence-electron chi connectivity index (χ4n) is 4.43. The van der Waals surface area contributed by atoms with Crippen LogP contribution in [0.3, 0.4) is 0 Å². The highest BCUT2D eigenvalue weighted by molar-refractivity contribution is 7.85. The van der Waals surface area contributed by atoms with Gasteiger partial charge in [0.25, 0.3) is 11.8 Å². The lowest BCUT2D eigenvalue weighted by molar-refractivity contribution is 0.0930. The summed E-state index contributed by atoms with van der Waals surface area (Å²) in [6.07, 6.45) is 1.13. The maximum atomic E-state index is 14.1. The van der Waals surface area contributed by atoms with Crippen LogP contribution in [0.2, 0.25) is 0 Å². The molecule has 0 aliphatic carbocycles. The summed E-state index contributed by atoms with van der Waals surface area (Å²) in [5.41, 5.74) is -1.50. The molecule has 2 amide bonds. The number of carbonyl (C=O) groups is 2. The Balaban J connectivity index is 1.52. The van der Waals surface area contributed by atoms with Crippen LogP contribution in [0.4, 0.5) is 14.5 Å². The number of aromatic hydroxyl groups is 1. The molecule has 5 rings (SSSR count). The number of pyridine rings is 1. The average Bonchev–Trinajstić information content (AvgIpc) is 2.94. The van der Waals surface area contributed by atoms with Crippen molar-refractivity contribution in [2.24, 2.45) is 0 Å². The second-order valence-corrected chi connectivity index (χ2v) is 9.88. The molecule has 1 aromatic heterocycles. The van der Waals surface area contributed by atoms with Crippen LogP contribution in [-0.4, -0.2) is 38.0 Å². The molecule has 35 heavy (non-hydrogen) atoms. The molecular formula is C24H19F2N3O5S. The molecule has 2 atom stereocenters. The lowest BCUT2D eigenvalue weighted by Gasteiger charge is -2.34. The number of aryl methyl sites for hydroxylation is 1. The number of carbonyl (C=O) groups excluding carboxylic acids is 2. The molecule has 180 valence electrons. The van der Waals surface area contributed by atoms with Gasteiger partial charge < -0.3 is 19.9 Å². The van der Waals surface area contributed by atoms with Crippen molar-refractivity contribution < 1.29 is 27.7 Å². The summed E-state index contributed by atoms with van der Waals surface area (Å²) in [5, 5.41) is 12.9. The number of para-hydroxylation sites is 1. The topological polar surface area (TPSA) is 109 Å². The Kier molecular flexibility index (Phi) is 5.51. The van der Waals surface area contributed by atoms with E-state index in [1.165, 1.54) is 16.4 Å². The standard InChI is InChI=1S/C24H19F2N3O5S/c1-12-6-16(25)14(17(26)7-12)8-27-23(32)15-10-28-13-9-29(24(33)20(28)22(31)21(15)30)18-4-2-3-5-19(18)35(34)11-13/h2-7,10,13,31H,8-9,11H2,1H3,(H,27,32)/t13-,35?/m1/s1. The molecule has 0 radical (unpaired) electrons. The minimum Gasteiger partial charge on any atom is -0.503 e. The van der Waals surface area contributed by atoms with Crippen LogP contribution in [-0.2, 0) is 17.3 Å². The van der Waals surface area contributed by atoms with Gasteiger partial charge >= 0.3 is 0 Å². The van der Waals surface area contributed by atoms with Crippen molar-refractivity contribution >= 4 is 28.3 Å². The lowest BCUT2D eigenvalue weighted by atomic mass is 10.1. The molecular weight excluding hydrogens is 480 g/mol. The van der Waals surface area contributed by atoms with E-state index in [4.69, 9.17) is 0 Å². The van der Waals surface area contributed by atoms with Crippen molar-refractivity contribution in [3.8, 4) is 5.75 Å². The van der Waals surface area contributed by atoms with E-state index < -0.39 is 63.6 Å². The van der Waals surface area contributed by atoms with Gasteiger partial charge in [-0.3, -0.25) is 18.6 Å². The molecule has 2 aliphatic heterocycles. The lowest BCUT2D eigenvalue weighted by Crippen LogP contribution is -2.45. The molecule has 0 spiro atoms. The number of rotatable bonds is 3. The van der Waals surface area contributed by atoms with E-state index in [2.05, 4.69) is 5.32 Å². The summed E-state index contributed by atoms with van der Waals surface area (Å²) in [7, 11) is -1.49. The zero-order valence-corrected chi connectivity index (χ0v) is 19.2. The summed E-state index contributed by atoms with van der Waals surface area (Å²) in [4.78, 5) is 40.7.